The van der Waals surface area contributed by atoms with E-state index in [1.807, 2.05) is 6.92 Å². The zero-order chi connectivity index (χ0) is 21.8. The maximum Gasteiger partial charge on any atom is 0.438 e. The lowest BCUT2D eigenvalue weighted by atomic mass is 9.59. The van der Waals surface area contributed by atoms with Crippen LogP contribution in [0.15, 0.2) is 0 Å². The maximum absolute atomic E-state index is 13.4. The largest absolute Gasteiger partial charge is 0.438 e. The normalized spacial score (nSPS) is 32.1. The van der Waals surface area contributed by atoms with E-state index in [1.54, 1.807) is 0 Å². The summed E-state index contributed by atoms with van der Waals surface area (Å²) in [6.07, 6.45) is -10.3. The van der Waals surface area contributed by atoms with Gasteiger partial charge < -0.3 is 4.74 Å². The van der Waals surface area contributed by atoms with Gasteiger partial charge in [0.2, 0.25) is 0 Å². The quantitative estimate of drug-likeness (QED) is 0.404. The number of halogens is 6. The van der Waals surface area contributed by atoms with Crippen LogP contribution in [0.25, 0.3) is 0 Å². The van der Waals surface area contributed by atoms with Crippen LogP contribution in [0.5, 0.6) is 0 Å². The van der Waals surface area contributed by atoms with Crippen LogP contribution in [0.3, 0.4) is 0 Å². The third kappa shape index (κ3) is 4.58. The molecule has 12 heteroatoms. The number of ether oxygens (including phenoxy) is 1. The Kier molecular flexibility index (Phi) is 5.84. The Labute approximate surface area is 158 Å². The van der Waals surface area contributed by atoms with E-state index in [1.165, 1.54) is 6.92 Å². The first-order chi connectivity index (χ1) is 12.4. The van der Waals surface area contributed by atoms with Crippen LogP contribution in [0.1, 0.15) is 46.0 Å². The van der Waals surface area contributed by atoms with Crippen molar-refractivity contribution in [3.05, 3.63) is 0 Å². The van der Waals surface area contributed by atoms with Gasteiger partial charge in [-0.05, 0) is 56.8 Å². The highest BCUT2D eigenvalue weighted by Crippen LogP contribution is 2.53. The van der Waals surface area contributed by atoms with Gasteiger partial charge in [-0.3, -0.25) is 9.35 Å². The molecule has 28 heavy (non-hydrogen) atoms. The first kappa shape index (κ1) is 23.2. The van der Waals surface area contributed by atoms with Crippen molar-refractivity contribution < 1.29 is 48.8 Å². The Morgan fingerprint density at radius 3 is 1.82 bits per heavy atom. The SMILES string of the molecule is CC1CC2CC(C1)CC(C)(C(=O)OC(CS(=O)(=O)O)(C(F)(F)F)C(F)(F)F)C2. The first-order valence-corrected chi connectivity index (χ1v) is 10.3. The molecule has 2 fully saturated rings. The molecule has 0 aliphatic heterocycles. The van der Waals surface area contributed by atoms with E-state index >= 15 is 0 Å². The molecule has 0 aromatic heterocycles. The zero-order valence-corrected chi connectivity index (χ0v) is 16.0. The monoisotopic (exact) mass is 440 g/mol. The van der Waals surface area contributed by atoms with Crippen molar-refractivity contribution in [1.82, 2.24) is 0 Å². The summed E-state index contributed by atoms with van der Waals surface area (Å²) in [7, 11) is -5.78. The summed E-state index contributed by atoms with van der Waals surface area (Å²) in [4.78, 5) is 12.5. The molecule has 0 amide bonds. The van der Waals surface area contributed by atoms with Gasteiger partial charge in [0, 0.05) is 0 Å². The predicted octanol–water partition coefficient (Wildman–Crippen LogP) is 4.13. The molecule has 0 spiro atoms. The second-order valence-electron chi connectivity index (χ2n) is 8.45. The Hall–Kier alpha value is -1.04. The van der Waals surface area contributed by atoms with Crippen molar-refractivity contribution in [3.8, 4) is 0 Å². The number of hydrogen-bond donors (Lipinski definition) is 1. The van der Waals surface area contributed by atoms with Crippen molar-refractivity contribution in [1.29, 1.82) is 0 Å². The maximum atomic E-state index is 13.4. The molecule has 2 bridgehead atoms. The molecule has 5 nitrogen and oxygen atoms in total. The van der Waals surface area contributed by atoms with Crippen LogP contribution >= 0.6 is 0 Å². The number of hydrogen-bond acceptors (Lipinski definition) is 4. The number of rotatable bonds is 4. The summed E-state index contributed by atoms with van der Waals surface area (Å²) >= 11 is 0. The van der Waals surface area contributed by atoms with Crippen molar-refractivity contribution >= 4 is 16.1 Å². The molecule has 2 aliphatic carbocycles. The van der Waals surface area contributed by atoms with Crippen LogP contribution < -0.4 is 0 Å². The summed E-state index contributed by atoms with van der Waals surface area (Å²) in [6.45, 7) is 3.24. The van der Waals surface area contributed by atoms with E-state index in [2.05, 4.69) is 4.74 Å². The molecule has 0 aromatic carbocycles. The summed E-state index contributed by atoms with van der Waals surface area (Å²) in [5.74, 6) is -4.33. The number of carbonyl (C=O) groups is 1. The fourth-order valence-electron chi connectivity index (χ4n) is 4.76. The topological polar surface area (TPSA) is 80.7 Å². The van der Waals surface area contributed by atoms with E-state index in [9.17, 15) is 39.6 Å². The molecule has 2 aliphatic rings. The van der Waals surface area contributed by atoms with E-state index < -0.39 is 45.2 Å². The van der Waals surface area contributed by atoms with Crippen molar-refractivity contribution in [2.24, 2.45) is 23.2 Å². The molecular weight excluding hydrogens is 418 g/mol. The van der Waals surface area contributed by atoms with Gasteiger partial charge in [0.15, 0.2) is 0 Å². The minimum atomic E-state index is -6.30. The average Bonchev–Trinajstić information content (AvgIpc) is 2.40. The Morgan fingerprint density at radius 2 is 1.46 bits per heavy atom. The van der Waals surface area contributed by atoms with Crippen molar-refractivity contribution in [2.75, 3.05) is 5.75 Å². The molecule has 2 saturated carbocycles. The van der Waals surface area contributed by atoms with Crippen LogP contribution in [0.2, 0.25) is 0 Å². The molecule has 2 rings (SSSR count). The lowest BCUT2D eigenvalue weighted by molar-refractivity contribution is -0.363. The van der Waals surface area contributed by atoms with E-state index in [0.717, 1.165) is 6.42 Å². The zero-order valence-electron chi connectivity index (χ0n) is 15.2. The fraction of sp³-hybridized carbons (Fsp3) is 0.938. The molecule has 2 unspecified atom stereocenters. The van der Waals surface area contributed by atoms with Gasteiger partial charge in [0.05, 0.1) is 5.41 Å². The van der Waals surface area contributed by atoms with E-state index in [0.29, 0.717) is 18.8 Å². The third-order valence-corrected chi connectivity index (χ3v) is 6.45. The Balaban J connectivity index is 2.40. The summed E-state index contributed by atoms with van der Waals surface area (Å²) in [6, 6.07) is 0. The number of carbonyl (C=O) groups excluding carboxylic acids is 1. The second-order valence-corrected chi connectivity index (χ2v) is 9.90. The fourth-order valence-corrected chi connectivity index (χ4v) is 5.66. The smallest absolute Gasteiger partial charge is 0.438 e. The summed E-state index contributed by atoms with van der Waals surface area (Å²) < 4.78 is 115. The van der Waals surface area contributed by atoms with Crippen molar-refractivity contribution in [3.63, 3.8) is 0 Å². The highest BCUT2D eigenvalue weighted by atomic mass is 32.2. The predicted molar refractivity (Wildman–Crippen MR) is 84.7 cm³/mol. The lowest BCUT2D eigenvalue weighted by Gasteiger charge is -2.47. The summed E-state index contributed by atoms with van der Waals surface area (Å²) in [5, 5.41) is 0. The van der Waals surface area contributed by atoms with Gasteiger partial charge in [-0.15, -0.1) is 0 Å². The van der Waals surface area contributed by atoms with Crippen LogP contribution in [0.4, 0.5) is 26.3 Å². The highest BCUT2D eigenvalue weighted by molar-refractivity contribution is 7.85. The number of alkyl halides is 6. The molecule has 1 N–H and O–H groups in total. The van der Waals surface area contributed by atoms with Gasteiger partial charge in [-0.25, -0.2) is 0 Å². The second kappa shape index (κ2) is 7.03. The minimum absolute atomic E-state index is 0.0344. The molecule has 2 atom stereocenters. The molecule has 0 aromatic rings. The molecule has 164 valence electrons. The molecule has 0 saturated heterocycles. The lowest BCUT2D eigenvalue weighted by Crippen LogP contribution is -2.64. The first-order valence-electron chi connectivity index (χ1n) is 8.70. The van der Waals surface area contributed by atoms with Crippen LogP contribution in [0, 0.1) is 23.2 Å². The standard InChI is InChI=1S/C16H22F6O5S/c1-9-3-10-5-11(4-9)7-13(2,6-10)12(23)27-14(15(17,18)19,16(20,21)22)8-28(24,25)26/h9-11H,3-8H2,1-2H3,(H,24,25,26). The highest BCUT2D eigenvalue weighted by Gasteiger charge is 2.76. The number of esters is 1. The third-order valence-electron chi connectivity index (χ3n) is 5.68. The average molecular weight is 440 g/mol. The Bertz CT molecular complexity index is 682. The van der Waals surface area contributed by atoms with Gasteiger partial charge in [0.25, 0.3) is 10.1 Å². The number of fused-ring (bicyclic) bond motifs is 2. The van der Waals surface area contributed by atoms with Gasteiger partial charge in [0.1, 0.15) is 5.75 Å². The molecule has 0 heterocycles. The van der Waals surface area contributed by atoms with Crippen LogP contribution in [-0.2, 0) is 19.6 Å². The molecular formula is C16H22F6O5S. The van der Waals surface area contributed by atoms with Gasteiger partial charge in [-0.1, -0.05) is 6.92 Å². The minimum Gasteiger partial charge on any atom is -0.438 e. The van der Waals surface area contributed by atoms with Crippen molar-refractivity contribution in [2.45, 2.75) is 63.9 Å². The van der Waals surface area contributed by atoms with E-state index in [4.69, 9.17) is 4.55 Å². The van der Waals surface area contributed by atoms with E-state index in [-0.39, 0.29) is 24.7 Å². The van der Waals surface area contributed by atoms with Crippen LogP contribution in [-0.4, -0.2) is 42.6 Å². The Morgan fingerprint density at radius 1 is 1.04 bits per heavy atom. The molecule has 0 radical (unpaired) electrons. The van der Waals surface area contributed by atoms with Gasteiger partial charge in [-0.2, -0.15) is 34.8 Å². The summed E-state index contributed by atoms with van der Waals surface area (Å²) in [5.41, 5.74) is -6.94. The van der Waals surface area contributed by atoms with Gasteiger partial charge >= 0.3 is 23.9 Å².